The van der Waals surface area contributed by atoms with Crippen LogP contribution in [0, 0.1) is 13.8 Å². The predicted molar refractivity (Wildman–Crippen MR) is 76.3 cm³/mol. The minimum absolute atomic E-state index is 0.758. The van der Waals surface area contributed by atoms with Gasteiger partial charge in [-0.05, 0) is 24.8 Å². The van der Waals surface area contributed by atoms with Crippen molar-refractivity contribution < 1.29 is 0 Å². The Bertz CT molecular complexity index is 686. The first-order chi connectivity index (χ1) is 8.74. The standard InChI is InChI=1S/C12H12N4S2/c1-7-5-17-11-10(7)15-6-16-12(11)14-4-9-3-13-8(2)18-9/h3,5-6H,4H2,1-2H3,(H,14,15,16). The molecule has 6 heteroatoms. The molecular formula is C12H12N4S2. The molecule has 0 aliphatic carbocycles. The molecule has 0 spiro atoms. The smallest absolute Gasteiger partial charge is 0.147 e. The van der Waals surface area contributed by atoms with E-state index in [0.29, 0.717) is 0 Å². The molecule has 1 N–H and O–H groups in total. The lowest BCUT2D eigenvalue weighted by Crippen LogP contribution is -2.00. The van der Waals surface area contributed by atoms with Crippen molar-refractivity contribution in [3.8, 4) is 0 Å². The van der Waals surface area contributed by atoms with Crippen molar-refractivity contribution in [3.63, 3.8) is 0 Å². The monoisotopic (exact) mass is 276 g/mol. The topological polar surface area (TPSA) is 50.7 Å². The first kappa shape index (κ1) is 11.6. The number of thiophene rings is 1. The minimum Gasteiger partial charge on any atom is -0.364 e. The maximum atomic E-state index is 4.31. The van der Waals surface area contributed by atoms with E-state index in [2.05, 4.69) is 32.6 Å². The normalized spacial score (nSPS) is 11.0. The maximum Gasteiger partial charge on any atom is 0.147 e. The van der Waals surface area contributed by atoms with Gasteiger partial charge in [-0.2, -0.15) is 0 Å². The van der Waals surface area contributed by atoms with Gasteiger partial charge in [-0.1, -0.05) is 0 Å². The van der Waals surface area contributed by atoms with Crippen molar-refractivity contribution in [2.24, 2.45) is 0 Å². The van der Waals surface area contributed by atoms with Gasteiger partial charge in [0.05, 0.1) is 21.8 Å². The molecule has 0 fully saturated rings. The largest absolute Gasteiger partial charge is 0.364 e. The van der Waals surface area contributed by atoms with Crippen LogP contribution in [-0.4, -0.2) is 15.0 Å². The second kappa shape index (κ2) is 4.62. The number of anilines is 1. The molecule has 3 aromatic rings. The van der Waals surface area contributed by atoms with Crippen LogP contribution in [-0.2, 0) is 6.54 Å². The van der Waals surface area contributed by atoms with Crippen molar-refractivity contribution in [1.82, 2.24) is 15.0 Å². The Morgan fingerprint density at radius 3 is 2.89 bits per heavy atom. The van der Waals surface area contributed by atoms with E-state index in [1.807, 2.05) is 13.1 Å². The summed E-state index contributed by atoms with van der Waals surface area (Å²) in [5.74, 6) is 0.907. The van der Waals surface area contributed by atoms with E-state index >= 15 is 0 Å². The molecule has 3 rings (SSSR count). The minimum atomic E-state index is 0.758. The van der Waals surface area contributed by atoms with Crippen LogP contribution in [0.4, 0.5) is 5.82 Å². The summed E-state index contributed by atoms with van der Waals surface area (Å²) >= 11 is 3.39. The van der Waals surface area contributed by atoms with E-state index in [1.54, 1.807) is 29.0 Å². The zero-order chi connectivity index (χ0) is 12.5. The second-order valence-corrected chi connectivity index (χ2v) is 6.22. The third-order valence-corrected chi connectivity index (χ3v) is 4.64. The molecule has 0 aromatic carbocycles. The highest BCUT2D eigenvalue weighted by molar-refractivity contribution is 7.18. The lowest BCUT2D eigenvalue weighted by Gasteiger charge is -2.04. The first-order valence-corrected chi connectivity index (χ1v) is 7.27. The van der Waals surface area contributed by atoms with Crippen molar-refractivity contribution in [1.29, 1.82) is 0 Å². The van der Waals surface area contributed by atoms with Gasteiger partial charge in [0, 0.05) is 11.1 Å². The molecule has 3 heterocycles. The number of aryl methyl sites for hydroxylation is 2. The Hall–Kier alpha value is -1.53. The zero-order valence-electron chi connectivity index (χ0n) is 10.1. The summed E-state index contributed by atoms with van der Waals surface area (Å²) in [7, 11) is 0. The third-order valence-electron chi connectivity index (χ3n) is 2.63. The number of hydrogen-bond acceptors (Lipinski definition) is 6. The number of thiazole rings is 1. The molecular weight excluding hydrogens is 264 g/mol. The van der Waals surface area contributed by atoms with Gasteiger partial charge < -0.3 is 5.32 Å². The Morgan fingerprint density at radius 2 is 2.11 bits per heavy atom. The van der Waals surface area contributed by atoms with E-state index in [4.69, 9.17) is 0 Å². The first-order valence-electron chi connectivity index (χ1n) is 5.58. The van der Waals surface area contributed by atoms with Crippen molar-refractivity contribution in [2.45, 2.75) is 20.4 Å². The molecule has 0 aliphatic heterocycles. The molecule has 0 aliphatic rings. The Morgan fingerprint density at radius 1 is 1.22 bits per heavy atom. The highest BCUT2D eigenvalue weighted by atomic mass is 32.1. The van der Waals surface area contributed by atoms with Gasteiger partial charge in [0.2, 0.25) is 0 Å². The Labute approximate surface area is 113 Å². The molecule has 0 atom stereocenters. The predicted octanol–water partition coefficient (Wildman–Crippen LogP) is 3.38. The zero-order valence-corrected chi connectivity index (χ0v) is 11.7. The maximum absolute atomic E-state index is 4.31. The van der Waals surface area contributed by atoms with E-state index < -0.39 is 0 Å². The number of rotatable bonds is 3. The van der Waals surface area contributed by atoms with Gasteiger partial charge in [0.25, 0.3) is 0 Å². The summed E-state index contributed by atoms with van der Waals surface area (Å²) in [4.78, 5) is 14.1. The molecule has 92 valence electrons. The third kappa shape index (κ3) is 2.09. The number of nitrogens with zero attached hydrogens (tertiary/aromatic N) is 3. The van der Waals surface area contributed by atoms with E-state index in [1.165, 1.54) is 10.4 Å². The number of fused-ring (bicyclic) bond motifs is 1. The van der Waals surface area contributed by atoms with Crippen molar-refractivity contribution >= 4 is 38.7 Å². The number of hydrogen-bond donors (Lipinski definition) is 1. The number of aromatic nitrogens is 3. The average Bonchev–Trinajstić information content (AvgIpc) is 2.94. The van der Waals surface area contributed by atoms with Crippen LogP contribution >= 0.6 is 22.7 Å². The molecule has 0 saturated carbocycles. The number of nitrogens with one attached hydrogen (secondary N) is 1. The summed E-state index contributed by atoms with van der Waals surface area (Å²) < 4.78 is 1.12. The summed E-state index contributed by atoms with van der Waals surface area (Å²) in [6.45, 7) is 4.84. The lowest BCUT2D eigenvalue weighted by molar-refractivity contribution is 1.12. The van der Waals surface area contributed by atoms with Crippen LogP contribution in [0.25, 0.3) is 10.2 Å². The highest BCUT2D eigenvalue weighted by Gasteiger charge is 2.08. The van der Waals surface area contributed by atoms with Crippen LogP contribution in [0.15, 0.2) is 17.9 Å². The highest BCUT2D eigenvalue weighted by Crippen LogP contribution is 2.28. The van der Waals surface area contributed by atoms with Crippen LogP contribution < -0.4 is 5.32 Å². The second-order valence-electron chi connectivity index (χ2n) is 4.02. The molecule has 0 bridgehead atoms. The fourth-order valence-electron chi connectivity index (χ4n) is 1.75. The van der Waals surface area contributed by atoms with Gasteiger partial charge in [-0.15, -0.1) is 22.7 Å². The molecule has 0 amide bonds. The molecule has 0 unspecified atom stereocenters. The van der Waals surface area contributed by atoms with Crippen LogP contribution in [0.3, 0.4) is 0 Å². The molecule has 18 heavy (non-hydrogen) atoms. The van der Waals surface area contributed by atoms with Crippen molar-refractivity contribution in [3.05, 3.63) is 33.4 Å². The van der Waals surface area contributed by atoms with E-state index in [0.717, 1.165) is 27.6 Å². The van der Waals surface area contributed by atoms with Gasteiger partial charge in [-0.25, -0.2) is 15.0 Å². The molecule has 3 aromatic heterocycles. The quantitative estimate of drug-likeness (QED) is 0.796. The van der Waals surface area contributed by atoms with Gasteiger partial charge in [0.15, 0.2) is 0 Å². The molecule has 0 radical (unpaired) electrons. The van der Waals surface area contributed by atoms with Gasteiger partial charge in [0.1, 0.15) is 12.1 Å². The fraction of sp³-hybridized carbons (Fsp3) is 0.250. The van der Waals surface area contributed by atoms with Gasteiger partial charge in [-0.3, -0.25) is 0 Å². The molecule has 0 saturated heterocycles. The Balaban J connectivity index is 1.86. The Kier molecular flexibility index (Phi) is 2.97. The summed E-state index contributed by atoms with van der Waals surface area (Å²) in [5.41, 5.74) is 2.24. The SMILES string of the molecule is Cc1ncc(CNc2ncnc3c(C)csc23)s1. The summed E-state index contributed by atoms with van der Waals surface area (Å²) in [5, 5.41) is 6.56. The van der Waals surface area contributed by atoms with Crippen LogP contribution in [0.5, 0.6) is 0 Å². The van der Waals surface area contributed by atoms with Crippen LogP contribution in [0.2, 0.25) is 0 Å². The van der Waals surface area contributed by atoms with Gasteiger partial charge >= 0.3 is 0 Å². The van der Waals surface area contributed by atoms with E-state index in [9.17, 15) is 0 Å². The van der Waals surface area contributed by atoms with Crippen LogP contribution in [0.1, 0.15) is 15.4 Å². The summed E-state index contributed by atoms with van der Waals surface area (Å²) in [6.07, 6.45) is 3.52. The average molecular weight is 276 g/mol. The molecule has 4 nitrogen and oxygen atoms in total. The lowest BCUT2D eigenvalue weighted by atomic mass is 10.3. The summed E-state index contributed by atoms with van der Waals surface area (Å²) in [6, 6.07) is 0. The fourth-order valence-corrected chi connectivity index (χ4v) is 3.46. The van der Waals surface area contributed by atoms with Crippen molar-refractivity contribution in [2.75, 3.05) is 5.32 Å². The van der Waals surface area contributed by atoms with E-state index in [-0.39, 0.29) is 0 Å².